The van der Waals surface area contributed by atoms with E-state index in [1.165, 1.54) is 0 Å². The van der Waals surface area contributed by atoms with Gasteiger partial charge in [0.25, 0.3) is 0 Å². The van der Waals surface area contributed by atoms with Gasteiger partial charge in [0, 0.05) is 36.9 Å². The van der Waals surface area contributed by atoms with Crippen LogP contribution in [0.4, 0.5) is 0 Å². The van der Waals surface area contributed by atoms with Crippen LogP contribution in [0.25, 0.3) is 0 Å². The summed E-state index contributed by atoms with van der Waals surface area (Å²) in [7, 11) is 0. The molecule has 0 amide bonds. The summed E-state index contributed by atoms with van der Waals surface area (Å²) in [5.41, 5.74) is 0.128. The highest BCUT2D eigenvalue weighted by Gasteiger charge is 2.37. The van der Waals surface area contributed by atoms with Crippen molar-refractivity contribution >= 4 is 155 Å². The van der Waals surface area contributed by atoms with E-state index in [0.717, 1.165) is 4.47 Å². The van der Waals surface area contributed by atoms with E-state index in [-0.39, 0.29) is 20.1 Å². The molecule has 1 N–H and O–H groups in total. The van der Waals surface area contributed by atoms with E-state index in [2.05, 4.69) is 143 Å². The lowest BCUT2D eigenvalue weighted by molar-refractivity contribution is 0.0412. The van der Waals surface area contributed by atoms with Crippen LogP contribution in [0, 0.1) is 0 Å². The Labute approximate surface area is 235 Å². The molecule has 0 radical (unpaired) electrons. The molecule has 13 heteroatoms. The summed E-state index contributed by atoms with van der Waals surface area (Å²) < 4.78 is 7.62. The van der Waals surface area contributed by atoms with Gasteiger partial charge in [-0.25, -0.2) is 9.59 Å². The van der Waals surface area contributed by atoms with Crippen LogP contribution in [0.5, 0.6) is 0 Å². The summed E-state index contributed by atoms with van der Waals surface area (Å²) >= 11 is 30.0. The molecule has 0 unspecified atom stereocenters. The number of benzene rings is 2. The Morgan fingerprint density at radius 3 is 1.75 bits per heavy atom. The molecule has 0 heterocycles. The summed E-state index contributed by atoms with van der Waals surface area (Å²) in [6, 6.07) is 3.48. The van der Waals surface area contributed by atoms with Crippen molar-refractivity contribution in [3.8, 4) is 0 Å². The lowest BCUT2D eigenvalue weighted by atomic mass is 10.1. The molecule has 0 aliphatic heterocycles. The smallest absolute Gasteiger partial charge is 0.342 e. The van der Waals surface area contributed by atoms with Crippen LogP contribution < -0.4 is 0 Å². The minimum atomic E-state index is -1.43. The molecule has 0 spiro atoms. The second kappa shape index (κ2) is 10.1. The number of alkyl halides is 2. The van der Waals surface area contributed by atoms with Gasteiger partial charge < -0.3 is 9.84 Å². The second-order valence-electron chi connectivity index (χ2n) is 4.94. The first kappa shape index (κ1) is 26.0. The van der Waals surface area contributed by atoms with E-state index in [1.54, 1.807) is 12.1 Å². The fourth-order valence-corrected chi connectivity index (χ4v) is 7.50. The third-order valence-corrected chi connectivity index (χ3v) is 12.6. The minimum absolute atomic E-state index is 0.162. The number of aromatic carboxylic acids is 1. The normalized spacial score (nSPS) is 11.5. The first-order valence-electron chi connectivity index (χ1n) is 6.65. The molecule has 0 bridgehead atoms. The van der Waals surface area contributed by atoms with Gasteiger partial charge in [0.1, 0.15) is 0 Å². The van der Waals surface area contributed by atoms with Gasteiger partial charge in [0.05, 0.1) is 11.1 Å². The fourth-order valence-electron chi connectivity index (χ4n) is 2.00. The van der Waals surface area contributed by atoms with Crippen LogP contribution >= 0.6 is 143 Å². The maximum Gasteiger partial charge on any atom is 0.342 e. The molecule has 0 saturated heterocycles. The van der Waals surface area contributed by atoms with Crippen molar-refractivity contribution in [2.75, 3.05) is 0 Å². The molecule has 0 aliphatic rings. The Kier molecular flexibility index (Phi) is 9.36. The standard InChI is InChI=1S/C15H3Br9O4/c16-4-2-1-3(7(17)8(4)18)15(23,24)28-14(27)6-5(13(25)26)9(19)11(21)12(22)10(6)20/h1-2H,(H,25,26). The number of carbonyl (C=O) groups excluding carboxylic acids is 1. The second-order valence-corrected chi connectivity index (χ2v) is 13.9. The van der Waals surface area contributed by atoms with Gasteiger partial charge in [0.15, 0.2) is 0 Å². The van der Waals surface area contributed by atoms with Crippen molar-refractivity contribution in [3.05, 3.63) is 60.1 Å². The van der Waals surface area contributed by atoms with Gasteiger partial charge in [0.2, 0.25) is 3.42 Å². The zero-order valence-corrected chi connectivity index (χ0v) is 27.0. The largest absolute Gasteiger partial charge is 0.478 e. The van der Waals surface area contributed by atoms with E-state index in [0.29, 0.717) is 23.5 Å². The maximum absolute atomic E-state index is 13.0. The zero-order chi connectivity index (χ0) is 21.5. The zero-order valence-electron chi connectivity index (χ0n) is 12.7. The van der Waals surface area contributed by atoms with Gasteiger partial charge in [-0.15, -0.1) is 0 Å². The molecule has 0 saturated carbocycles. The van der Waals surface area contributed by atoms with Crippen LogP contribution in [0.2, 0.25) is 0 Å². The number of carboxylic acid groups (broad SMARTS) is 1. The van der Waals surface area contributed by atoms with Crippen LogP contribution in [0.1, 0.15) is 26.3 Å². The summed E-state index contributed by atoms with van der Waals surface area (Å²) in [6.45, 7) is 0. The number of ether oxygens (including phenoxy) is 1. The van der Waals surface area contributed by atoms with Crippen molar-refractivity contribution in [1.82, 2.24) is 0 Å². The highest BCUT2D eigenvalue weighted by atomic mass is 79.9. The quantitative estimate of drug-likeness (QED) is 0.144. The molecule has 4 nitrogen and oxygen atoms in total. The Morgan fingerprint density at radius 1 is 0.750 bits per heavy atom. The maximum atomic E-state index is 13.0. The van der Waals surface area contributed by atoms with Gasteiger partial charge in [-0.05, 0) is 149 Å². The molecule has 0 aliphatic carbocycles. The molecule has 0 fully saturated rings. The summed E-state index contributed by atoms with van der Waals surface area (Å²) in [5.74, 6) is -2.17. The summed E-state index contributed by atoms with van der Waals surface area (Å²) in [6.07, 6.45) is 0. The first-order chi connectivity index (χ1) is 12.8. The van der Waals surface area contributed by atoms with Crippen LogP contribution in [0.3, 0.4) is 0 Å². The topological polar surface area (TPSA) is 63.6 Å². The van der Waals surface area contributed by atoms with Gasteiger partial charge in [-0.3, -0.25) is 0 Å². The number of hydrogen-bond donors (Lipinski definition) is 1. The fraction of sp³-hybridized carbons (Fsp3) is 0.0667. The molecule has 2 rings (SSSR count). The van der Waals surface area contributed by atoms with Gasteiger partial charge in [-0.2, -0.15) is 0 Å². The average molecular weight is 966 g/mol. The average Bonchev–Trinajstić information content (AvgIpc) is 2.59. The molecule has 0 aromatic heterocycles. The van der Waals surface area contributed by atoms with E-state index in [1.807, 2.05) is 0 Å². The molecule has 0 atom stereocenters. The van der Waals surface area contributed by atoms with E-state index in [4.69, 9.17) is 4.74 Å². The molecule has 2 aromatic rings. The van der Waals surface area contributed by atoms with E-state index < -0.39 is 15.4 Å². The first-order valence-corrected chi connectivity index (χ1v) is 13.8. The SMILES string of the molecule is O=C(O)c1c(Br)c(Br)c(Br)c(Br)c1C(=O)OC(Br)(Br)c1ccc(Br)c(Br)c1Br. The van der Waals surface area contributed by atoms with Gasteiger partial charge >= 0.3 is 11.9 Å². The number of hydrogen-bond acceptors (Lipinski definition) is 3. The van der Waals surface area contributed by atoms with Crippen LogP contribution in [-0.2, 0) is 8.16 Å². The number of halogens is 9. The molecular formula is C15H3Br9O4. The number of esters is 1. The Hall–Kier alpha value is 1.70. The highest BCUT2D eigenvalue weighted by Crippen LogP contribution is 2.48. The van der Waals surface area contributed by atoms with Crippen molar-refractivity contribution in [2.24, 2.45) is 0 Å². The predicted molar refractivity (Wildman–Crippen MR) is 139 cm³/mol. The predicted octanol–water partition coefficient (Wildman–Crippen LogP) is 9.48. The van der Waals surface area contributed by atoms with Crippen molar-refractivity contribution in [1.29, 1.82) is 0 Å². The monoisotopic (exact) mass is 957 g/mol. The van der Waals surface area contributed by atoms with Crippen molar-refractivity contribution < 1.29 is 19.4 Å². The minimum Gasteiger partial charge on any atom is -0.478 e. The lowest BCUT2D eigenvalue weighted by Crippen LogP contribution is -2.23. The van der Waals surface area contributed by atoms with E-state index in [9.17, 15) is 14.7 Å². The Bertz CT molecular complexity index is 1000. The molecule has 150 valence electrons. The summed E-state index contributed by atoms with van der Waals surface area (Å²) in [4.78, 5) is 24.8. The highest BCUT2D eigenvalue weighted by molar-refractivity contribution is 9.24. The molecular weight excluding hydrogens is 963 g/mol. The van der Waals surface area contributed by atoms with Crippen molar-refractivity contribution in [2.45, 2.75) is 3.42 Å². The Balaban J connectivity index is 2.59. The third kappa shape index (κ3) is 5.19. The van der Waals surface area contributed by atoms with E-state index >= 15 is 0 Å². The molecule has 28 heavy (non-hydrogen) atoms. The number of rotatable bonds is 4. The molecule has 2 aromatic carbocycles. The van der Waals surface area contributed by atoms with Crippen LogP contribution in [0.15, 0.2) is 43.4 Å². The summed E-state index contributed by atoms with van der Waals surface area (Å²) in [5, 5.41) is 9.62. The lowest BCUT2D eigenvalue weighted by Gasteiger charge is -2.24. The Morgan fingerprint density at radius 2 is 1.25 bits per heavy atom. The number of carbonyl (C=O) groups is 2. The number of carboxylic acids is 1. The van der Waals surface area contributed by atoms with Crippen LogP contribution in [-0.4, -0.2) is 17.0 Å². The van der Waals surface area contributed by atoms with Crippen molar-refractivity contribution in [3.63, 3.8) is 0 Å². The third-order valence-electron chi connectivity index (χ3n) is 3.25. The van der Waals surface area contributed by atoms with Gasteiger partial charge in [-0.1, -0.05) is 6.07 Å².